The van der Waals surface area contributed by atoms with Crippen LogP contribution in [0, 0.1) is 5.82 Å². The van der Waals surface area contributed by atoms with Crippen LogP contribution in [0.3, 0.4) is 0 Å². The number of rotatable bonds is 3. The van der Waals surface area contributed by atoms with Crippen molar-refractivity contribution in [2.75, 3.05) is 11.9 Å². The summed E-state index contributed by atoms with van der Waals surface area (Å²) < 4.78 is 49.3. The molecule has 0 aliphatic rings. The highest BCUT2D eigenvalue weighted by Gasteiger charge is 2.38. The summed E-state index contributed by atoms with van der Waals surface area (Å²) in [4.78, 5) is 0. The van der Waals surface area contributed by atoms with Crippen LogP contribution in [-0.4, -0.2) is 23.9 Å². The van der Waals surface area contributed by atoms with Gasteiger partial charge in [-0.05, 0) is 28.1 Å². The molecule has 2 nitrogen and oxygen atoms in total. The van der Waals surface area contributed by atoms with E-state index >= 15 is 0 Å². The number of nitrogens with one attached hydrogen (secondary N) is 1. The van der Waals surface area contributed by atoms with E-state index in [1.165, 1.54) is 12.1 Å². The Bertz CT molecular complexity index is 349. The van der Waals surface area contributed by atoms with Crippen molar-refractivity contribution in [1.29, 1.82) is 0 Å². The van der Waals surface area contributed by atoms with Gasteiger partial charge in [-0.25, -0.2) is 4.39 Å². The second-order valence-corrected chi connectivity index (χ2v) is 3.89. The molecule has 1 unspecified atom stereocenters. The predicted octanol–water partition coefficient (Wildman–Crippen LogP) is 2.92. The SMILES string of the molecule is OC(CNc1c(F)cccc1Br)C(F)(F)F. The zero-order valence-electron chi connectivity index (χ0n) is 7.85. The van der Waals surface area contributed by atoms with E-state index in [9.17, 15) is 17.6 Å². The highest BCUT2D eigenvalue weighted by molar-refractivity contribution is 9.10. The molecule has 0 fully saturated rings. The Balaban J connectivity index is 2.69. The van der Waals surface area contributed by atoms with Crippen molar-refractivity contribution in [3.63, 3.8) is 0 Å². The summed E-state index contributed by atoms with van der Waals surface area (Å²) in [5, 5.41) is 10.9. The summed E-state index contributed by atoms with van der Waals surface area (Å²) >= 11 is 2.98. The first kappa shape index (κ1) is 13.2. The molecule has 7 heteroatoms. The Labute approximate surface area is 97.4 Å². The summed E-state index contributed by atoms with van der Waals surface area (Å²) in [7, 11) is 0. The third-order valence-electron chi connectivity index (χ3n) is 1.81. The molecule has 0 spiro atoms. The number of alkyl halides is 3. The van der Waals surface area contributed by atoms with E-state index in [1.54, 1.807) is 0 Å². The number of anilines is 1. The largest absolute Gasteiger partial charge is 0.416 e. The van der Waals surface area contributed by atoms with Gasteiger partial charge in [0, 0.05) is 11.0 Å². The molecular formula is C9H8BrF4NO. The minimum absolute atomic E-state index is 0.106. The van der Waals surface area contributed by atoms with Gasteiger partial charge in [-0.3, -0.25) is 0 Å². The van der Waals surface area contributed by atoms with Gasteiger partial charge in [0.2, 0.25) is 0 Å². The van der Waals surface area contributed by atoms with E-state index in [0.717, 1.165) is 6.07 Å². The van der Waals surface area contributed by atoms with Gasteiger partial charge in [0.1, 0.15) is 5.82 Å². The van der Waals surface area contributed by atoms with E-state index in [2.05, 4.69) is 21.2 Å². The molecule has 1 rings (SSSR count). The molecule has 1 aromatic carbocycles. The van der Waals surface area contributed by atoms with E-state index in [1.807, 2.05) is 0 Å². The van der Waals surface area contributed by atoms with Gasteiger partial charge < -0.3 is 10.4 Å². The first-order valence-electron chi connectivity index (χ1n) is 4.25. The van der Waals surface area contributed by atoms with Gasteiger partial charge in [-0.1, -0.05) is 6.07 Å². The molecule has 0 aliphatic carbocycles. The third-order valence-corrected chi connectivity index (χ3v) is 2.47. The summed E-state index contributed by atoms with van der Waals surface area (Å²) in [6.45, 7) is -0.803. The van der Waals surface area contributed by atoms with Gasteiger partial charge in [0.25, 0.3) is 0 Å². The zero-order valence-corrected chi connectivity index (χ0v) is 9.44. The number of aliphatic hydroxyl groups excluding tert-OH is 1. The summed E-state index contributed by atoms with van der Waals surface area (Å²) in [5.74, 6) is -0.691. The fraction of sp³-hybridized carbons (Fsp3) is 0.333. The number of benzene rings is 1. The van der Waals surface area contributed by atoms with Gasteiger partial charge in [0.05, 0.1) is 5.69 Å². The van der Waals surface area contributed by atoms with Crippen LogP contribution in [0.25, 0.3) is 0 Å². The molecule has 0 amide bonds. The van der Waals surface area contributed by atoms with E-state index in [4.69, 9.17) is 5.11 Å². The molecule has 16 heavy (non-hydrogen) atoms. The van der Waals surface area contributed by atoms with Crippen molar-refractivity contribution in [1.82, 2.24) is 0 Å². The lowest BCUT2D eigenvalue weighted by Gasteiger charge is -2.16. The highest BCUT2D eigenvalue weighted by Crippen LogP contribution is 2.26. The quantitative estimate of drug-likeness (QED) is 0.842. The van der Waals surface area contributed by atoms with Crippen molar-refractivity contribution in [3.8, 4) is 0 Å². The number of para-hydroxylation sites is 1. The molecule has 0 aromatic heterocycles. The van der Waals surface area contributed by atoms with Crippen LogP contribution in [0.2, 0.25) is 0 Å². The fourth-order valence-electron chi connectivity index (χ4n) is 0.981. The monoisotopic (exact) mass is 301 g/mol. The van der Waals surface area contributed by atoms with Crippen molar-refractivity contribution >= 4 is 21.6 Å². The van der Waals surface area contributed by atoms with Crippen molar-refractivity contribution in [3.05, 3.63) is 28.5 Å². The standard InChI is InChI=1S/C9H8BrF4NO/c10-5-2-1-3-6(11)8(5)15-4-7(16)9(12,13)14/h1-3,7,15-16H,4H2. The molecule has 0 radical (unpaired) electrons. The van der Waals surface area contributed by atoms with Crippen molar-refractivity contribution in [2.24, 2.45) is 0 Å². The lowest BCUT2D eigenvalue weighted by atomic mass is 10.3. The topological polar surface area (TPSA) is 32.3 Å². The molecule has 1 atom stereocenters. The number of hydrogen-bond donors (Lipinski definition) is 2. The van der Waals surface area contributed by atoms with Gasteiger partial charge in [-0.2, -0.15) is 13.2 Å². The maximum atomic E-state index is 13.1. The normalized spacial score (nSPS) is 13.6. The molecule has 0 aliphatic heterocycles. The van der Waals surface area contributed by atoms with Crippen molar-refractivity contribution in [2.45, 2.75) is 12.3 Å². The second-order valence-electron chi connectivity index (χ2n) is 3.03. The molecule has 0 saturated heterocycles. The highest BCUT2D eigenvalue weighted by atomic mass is 79.9. The Morgan fingerprint density at radius 3 is 2.50 bits per heavy atom. The average molecular weight is 302 g/mol. The molecule has 1 aromatic rings. The van der Waals surface area contributed by atoms with Gasteiger partial charge in [0.15, 0.2) is 6.10 Å². The molecule has 0 heterocycles. The number of aliphatic hydroxyl groups is 1. The van der Waals surface area contributed by atoms with Crippen molar-refractivity contribution < 1.29 is 22.7 Å². The summed E-state index contributed by atoms with van der Waals surface area (Å²) in [6.07, 6.45) is -7.25. The Morgan fingerprint density at radius 1 is 1.38 bits per heavy atom. The number of halogens is 5. The van der Waals surface area contributed by atoms with E-state index in [0.29, 0.717) is 4.47 Å². The first-order chi connectivity index (χ1) is 7.32. The fourth-order valence-corrected chi connectivity index (χ4v) is 1.46. The zero-order chi connectivity index (χ0) is 12.3. The van der Waals surface area contributed by atoms with Crippen LogP contribution in [0.5, 0.6) is 0 Å². The predicted molar refractivity (Wildman–Crippen MR) is 54.7 cm³/mol. The molecule has 2 N–H and O–H groups in total. The Hall–Kier alpha value is -0.820. The van der Waals surface area contributed by atoms with Gasteiger partial charge >= 0.3 is 6.18 Å². The third kappa shape index (κ3) is 3.34. The summed E-state index contributed by atoms with van der Waals surface area (Å²) in [5.41, 5.74) is -0.106. The maximum Gasteiger partial charge on any atom is 0.416 e. The number of hydrogen-bond acceptors (Lipinski definition) is 2. The molecule has 90 valence electrons. The van der Waals surface area contributed by atoms with Crippen LogP contribution in [0.1, 0.15) is 0 Å². The van der Waals surface area contributed by atoms with E-state index in [-0.39, 0.29) is 5.69 Å². The smallest absolute Gasteiger partial charge is 0.382 e. The first-order valence-corrected chi connectivity index (χ1v) is 5.04. The lowest BCUT2D eigenvalue weighted by molar-refractivity contribution is -0.198. The second kappa shape index (κ2) is 5.01. The minimum atomic E-state index is -4.72. The van der Waals surface area contributed by atoms with E-state index < -0.39 is 24.6 Å². The Morgan fingerprint density at radius 2 is 2.00 bits per heavy atom. The average Bonchev–Trinajstić information content (AvgIpc) is 2.15. The summed E-state index contributed by atoms with van der Waals surface area (Å²) in [6, 6.07) is 3.99. The van der Waals surface area contributed by atoms with Gasteiger partial charge in [-0.15, -0.1) is 0 Å². The Kier molecular flexibility index (Phi) is 4.15. The van der Waals surface area contributed by atoms with Crippen LogP contribution < -0.4 is 5.32 Å². The maximum absolute atomic E-state index is 13.1. The lowest BCUT2D eigenvalue weighted by Crippen LogP contribution is -2.35. The minimum Gasteiger partial charge on any atom is -0.382 e. The van der Waals surface area contributed by atoms with Crippen LogP contribution in [0.15, 0.2) is 22.7 Å². The van der Waals surface area contributed by atoms with Crippen LogP contribution >= 0.6 is 15.9 Å². The van der Waals surface area contributed by atoms with Crippen LogP contribution in [0.4, 0.5) is 23.2 Å². The van der Waals surface area contributed by atoms with Crippen LogP contribution in [-0.2, 0) is 0 Å². The molecular weight excluding hydrogens is 294 g/mol. The molecule has 0 saturated carbocycles. The molecule has 0 bridgehead atoms.